The number of fused-ring (bicyclic) bond motifs is 1. The first-order valence-electron chi connectivity index (χ1n) is 4.21. The van der Waals surface area contributed by atoms with Crippen LogP contribution in [0.15, 0.2) is 12.2 Å². The van der Waals surface area contributed by atoms with Crippen molar-refractivity contribution in [2.24, 2.45) is 11.8 Å². The van der Waals surface area contributed by atoms with Crippen LogP contribution in [0.25, 0.3) is 0 Å². The summed E-state index contributed by atoms with van der Waals surface area (Å²) in [6.07, 6.45) is 7.40. The Morgan fingerprint density at radius 2 is 2.36 bits per heavy atom. The van der Waals surface area contributed by atoms with Gasteiger partial charge in [-0.2, -0.15) is 0 Å². The molecule has 1 heterocycles. The van der Waals surface area contributed by atoms with Crippen molar-refractivity contribution < 1.29 is 9.53 Å². The van der Waals surface area contributed by atoms with E-state index in [-0.39, 0.29) is 11.9 Å². The molecule has 1 aliphatic heterocycles. The van der Waals surface area contributed by atoms with Crippen molar-refractivity contribution >= 4 is 5.97 Å². The Balaban J connectivity index is 2.15. The van der Waals surface area contributed by atoms with Crippen molar-refractivity contribution in [2.75, 3.05) is 6.61 Å². The SMILES string of the molecule is O=C1OCC[C@H]2C=CCC[C@H]12. The fourth-order valence-electron chi connectivity index (χ4n) is 1.89. The molecule has 2 heteroatoms. The topological polar surface area (TPSA) is 26.3 Å². The largest absolute Gasteiger partial charge is 0.465 e. The molecule has 0 saturated carbocycles. The molecule has 2 rings (SSSR count). The van der Waals surface area contributed by atoms with Crippen LogP contribution in [-0.4, -0.2) is 12.6 Å². The van der Waals surface area contributed by atoms with Gasteiger partial charge in [0, 0.05) is 0 Å². The predicted octanol–water partition coefficient (Wildman–Crippen LogP) is 1.52. The molecule has 2 aliphatic rings. The second-order valence-electron chi connectivity index (χ2n) is 3.23. The van der Waals surface area contributed by atoms with Crippen molar-refractivity contribution in [2.45, 2.75) is 19.3 Å². The highest BCUT2D eigenvalue weighted by molar-refractivity contribution is 5.74. The van der Waals surface area contributed by atoms with E-state index in [1.165, 1.54) is 0 Å². The molecule has 1 fully saturated rings. The van der Waals surface area contributed by atoms with E-state index in [0.717, 1.165) is 19.3 Å². The van der Waals surface area contributed by atoms with Gasteiger partial charge in [-0.1, -0.05) is 12.2 Å². The molecule has 0 bridgehead atoms. The van der Waals surface area contributed by atoms with Crippen LogP contribution in [0, 0.1) is 11.8 Å². The lowest BCUT2D eigenvalue weighted by Crippen LogP contribution is -2.32. The number of carbonyl (C=O) groups excluding carboxylic acids is 1. The monoisotopic (exact) mass is 152 g/mol. The zero-order valence-electron chi connectivity index (χ0n) is 6.45. The van der Waals surface area contributed by atoms with Crippen LogP contribution in [0.5, 0.6) is 0 Å². The maximum absolute atomic E-state index is 11.2. The fourth-order valence-corrected chi connectivity index (χ4v) is 1.89. The Kier molecular flexibility index (Phi) is 1.68. The number of cyclic esters (lactones) is 1. The Bertz CT molecular complexity index is 196. The molecule has 0 unspecified atom stereocenters. The van der Waals surface area contributed by atoms with Crippen LogP contribution >= 0.6 is 0 Å². The minimum Gasteiger partial charge on any atom is -0.465 e. The van der Waals surface area contributed by atoms with Crippen molar-refractivity contribution in [3.63, 3.8) is 0 Å². The minimum atomic E-state index is 0.0191. The summed E-state index contributed by atoms with van der Waals surface area (Å²) < 4.78 is 4.97. The highest BCUT2D eigenvalue weighted by atomic mass is 16.5. The Morgan fingerprint density at radius 1 is 1.45 bits per heavy atom. The highest BCUT2D eigenvalue weighted by Gasteiger charge is 2.32. The molecule has 0 spiro atoms. The molecule has 0 aromatic carbocycles. The van der Waals surface area contributed by atoms with Crippen molar-refractivity contribution in [1.82, 2.24) is 0 Å². The van der Waals surface area contributed by atoms with E-state index in [2.05, 4.69) is 12.2 Å². The lowest BCUT2D eigenvalue weighted by atomic mass is 9.81. The number of hydrogen-bond donors (Lipinski definition) is 0. The van der Waals surface area contributed by atoms with Gasteiger partial charge in [0.15, 0.2) is 0 Å². The van der Waals surface area contributed by atoms with Gasteiger partial charge in [0.05, 0.1) is 12.5 Å². The zero-order valence-corrected chi connectivity index (χ0v) is 6.45. The second-order valence-corrected chi connectivity index (χ2v) is 3.23. The van der Waals surface area contributed by atoms with Gasteiger partial charge in [-0.3, -0.25) is 4.79 Å². The highest BCUT2D eigenvalue weighted by Crippen LogP contribution is 2.31. The van der Waals surface area contributed by atoms with Gasteiger partial charge in [-0.05, 0) is 25.2 Å². The molecule has 2 atom stereocenters. The number of allylic oxidation sites excluding steroid dienone is 2. The summed E-state index contributed by atoms with van der Waals surface area (Å²) in [5, 5.41) is 0. The van der Waals surface area contributed by atoms with Crippen molar-refractivity contribution in [3.8, 4) is 0 Å². The predicted molar refractivity (Wildman–Crippen MR) is 40.9 cm³/mol. The number of rotatable bonds is 0. The molecule has 0 radical (unpaired) electrons. The summed E-state index contributed by atoms with van der Waals surface area (Å²) in [6.45, 7) is 0.615. The first kappa shape index (κ1) is 6.89. The average molecular weight is 152 g/mol. The molecular formula is C9H12O2. The number of ether oxygens (including phenoxy) is 1. The van der Waals surface area contributed by atoms with E-state index < -0.39 is 0 Å². The molecule has 60 valence electrons. The van der Waals surface area contributed by atoms with Gasteiger partial charge in [-0.15, -0.1) is 0 Å². The van der Waals surface area contributed by atoms with E-state index in [4.69, 9.17) is 4.74 Å². The first-order chi connectivity index (χ1) is 5.38. The molecule has 1 aliphatic carbocycles. The second kappa shape index (κ2) is 2.68. The lowest BCUT2D eigenvalue weighted by Gasteiger charge is -2.30. The molecule has 11 heavy (non-hydrogen) atoms. The Morgan fingerprint density at radius 3 is 3.18 bits per heavy atom. The summed E-state index contributed by atoms with van der Waals surface area (Å²) in [5.74, 6) is 0.671. The minimum absolute atomic E-state index is 0.0191. The summed E-state index contributed by atoms with van der Waals surface area (Å²) >= 11 is 0. The number of esters is 1. The molecule has 1 saturated heterocycles. The molecule has 0 N–H and O–H groups in total. The molecule has 0 amide bonds. The average Bonchev–Trinajstić information content (AvgIpc) is 2.06. The first-order valence-corrected chi connectivity index (χ1v) is 4.21. The maximum atomic E-state index is 11.2. The molecule has 0 aromatic rings. The smallest absolute Gasteiger partial charge is 0.309 e. The van der Waals surface area contributed by atoms with Gasteiger partial charge < -0.3 is 4.74 Å². The van der Waals surface area contributed by atoms with Crippen LogP contribution in [0.3, 0.4) is 0 Å². The molecule has 0 aromatic heterocycles. The summed E-state index contributed by atoms with van der Waals surface area (Å²) in [7, 11) is 0. The summed E-state index contributed by atoms with van der Waals surface area (Å²) in [4.78, 5) is 11.2. The Labute approximate surface area is 66.2 Å². The number of hydrogen-bond acceptors (Lipinski definition) is 2. The third-order valence-corrected chi connectivity index (χ3v) is 2.54. The van der Waals surface area contributed by atoms with Crippen LogP contribution in [0.1, 0.15) is 19.3 Å². The van der Waals surface area contributed by atoms with Crippen LogP contribution in [0.2, 0.25) is 0 Å². The summed E-state index contributed by atoms with van der Waals surface area (Å²) in [5.41, 5.74) is 0. The van der Waals surface area contributed by atoms with Crippen LogP contribution in [-0.2, 0) is 9.53 Å². The lowest BCUT2D eigenvalue weighted by molar-refractivity contribution is -0.155. The standard InChI is InChI=1S/C9H12O2/c10-9-8-4-2-1-3-7(8)5-6-11-9/h1,3,7-8H,2,4-6H2/t7-,8+/m1/s1. The van der Waals surface area contributed by atoms with E-state index in [1.54, 1.807) is 0 Å². The van der Waals surface area contributed by atoms with Crippen molar-refractivity contribution in [3.05, 3.63) is 12.2 Å². The molecular weight excluding hydrogens is 140 g/mol. The third-order valence-electron chi connectivity index (χ3n) is 2.54. The normalized spacial score (nSPS) is 36.2. The van der Waals surface area contributed by atoms with Gasteiger partial charge in [0.1, 0.15) is 0 Å². The fraction of sp³-hybridized carbons (Fsp3) is 0.667. The van der Waals surface area contributed by atoms with Gasteiger partial charge in [0.25, 0.3) is 0 Å². The van der Waals surface area contributed by atoms with Crippen LogP contribution in [0.4, 0.5) is 0 Å². The van der Waals surface area contributed by atoms with Crippen LogP contribution < -0.4 is 0 Å². The van der Waals surface area contributed by atoms with E-state index in [9.17, 15) is 4.79 Å². The van der Waals surface area contributed by atoms with Gasteiger partial charge >= 0.3 is 5.97 Å². The summed E-state index contributed by atoms with van der Waals surface area (Å²) in [6, 6.07) is 0. The van der Waals surface area contributed by atoms with Crippen molar-refractivity contribution in [1.29, 1.82) is 0 Å². The Hall–Kier alpha value is -0.790. The van der Waals surface area contributed by atoms with E-state index in [0.29, 0.717) is 12.5 Å². The van der Waals surface area contributed by atoms with Gasteiger partial charge in [-0.25, -0.2) is 0 Å². The van der Waals surface area contributed by atoms with Gasteiger partial charge in [0.2, 0.25) is 0 Å². The third kappa shape index (κ3) is 1.17. The quantitative estimate of drug-likeness (QED) is 0.388. The maximum Gasteiger partial charge on any atom is 0.309 e. The van der Waals surface area contributed by atoms with E-state index in [1.807, 2.05) is 0 Å². The molecule has 2 nitrogen and oxygen atoms in total. The zero-order chi connectivity index (χ0) is 7.68. The van der Waals surface area contributed by atoms with E-state index >= 15 is 0 Å². The number of carbonyl (C=O) groups is 1.